The van der Waals surface area contributed by atoms with Crippen LogP contribution in [-0.4, -0.2) is 15.7 Å². The van der Waals surface area contributed by atoms with Crippen LogP contribution in [0.25, 0.3) is 11.0 Å². The number of halogens is 1. The minimum absolute atomic E-state index is 0.416. The molecule has 1 aliphatic rings. The summed E-state index contributed by atoms with van der Waals surface area (Å²) in [6.07, 6.45) is 8.94. The highest BCUT2D eigenvalue weighted by atomic mass is 35.5. The van der Waals surface area contributed by atoms with Crippen LogP contribution in [-0.2, 0) is 0 Å². The van der Waals surface area contributed by atoms with Gasteiger partial charge in [0.05, 0.1) is 10.7 Å². The Balaban J connectivity index is 2.23. The zero-order chi connectivity index (χ0) is 13.4. The van der Waals surface area contributed by atoms with Gasteiger partial charge in [-0.25, -0.2) is 9.98 Å². The van der Waals surface area contributed by atoms with Crippen LogP contribution in [0.2, 0.25) is 5.02 Å². The molecule has 19 heavy (non-hydrogen) atoms. The molecule has 3 rings (SSSR count). The molecule has 0 aliphatic carbocycles. The summed E-state index contributed by atoms with van der Waals surface area (Å²) in [5.41, 5.74) is 8.95. The highest BCUT2D eigenvalue weighted by Crippen LogP contribution is 2.26. The van der Waals surface area contributed by atoms with Gasteiger partial charge in [0.1, 0.15) is 11.5 Å². The smallest absolute Gasteiger partial charge is 0.139 e. The third kappa shape index (κ3) is 2.06. The second-order valence-corrected chi connectivity index (χ2v) is 4.60. The van der Waals surface area contributed by atoms with Crippen molar-refractivity contribution in [3.63, 3.8) is 0 Å². The standard InChI is InChI=1S/C14H11ClN4/c1-8-2-3-11(19-12(16)6-8)9-7-18-14-13(9)10(15)4-5-17-14/h2-7H,1,16H2,(H,17,18). The van der Waals surface area contributed by atoms with E-state index in [4.69, 9.17) is 17.3 Å². The van der Waals surface area contributed by atoms with E-state index in [9.17, 15) is 0 Å². The van der Waals surface area contributed by atoms with Crippen molar-refractivity contribution in [2.45, 2.75) is 0 Å². The van der Waals surface area contributed by atoms with E-state index >= 15 is 0 Å². The van der Waals surface area contributed by atoms with Gasteiger partial charge in [0.2, 0.25) is 0 Å². The molecule has 2 aromatic rings. The van der Waals surface area contributed by atoms with Crippen molar-refractivity contribution >= 4 is 28.3 Å². The number of allylic oxidation sites excluding steroid dienone is 4. The van der Waals surface area contributed by atoms with Gasteiger partial charge >= 0.3 is 0 Å². The molecule has 0 bridgehead atoms. The molecule has 0 spiro atoms. The van der Waals surface area contributed by atoms with Crippen molar-refractivity contribution in [1.82, 2.24) is 9.97 Å². The number of nitrogens with zero attached hydrogens (tertiary/aromatic N) is 2. The molecule has 0 saturated carbocycles. The van der Waals surface area contributed by atoms with Crippen molar-refractivity contribution in [2.75, 3.05) is 0 Å². The Hall–Kier alpha value is -2.33. The van der Waals surface area contributed by atoms with Crippen LogP contribution >= 0.6 is 11.6 Å². The number of nitrogens with one attached hydrogen (secondary N) is 1. The fourth-order valence-electron chi connectivity index (χ4n) is 2.00. The number of pyridine rings is 1. The number of fused-ring (bicyclic) bond motifs is 1. The SMILES string of the molecule is C=C1C=CC(c2c[nH]c3nccc(Cl)c23)=NC(N)=C1. The van der Waals surface area contributed by atoms with E-state index in [1.54, 1.807) is 18.3 Å². The van der Waals surface area contributed by atoms with Crippen LogP contribution in [0, 0.1) is 0 Å². The molecule has 3 heterocycles. The number of aromatic amines is 1. The Labute approximate surface area is 115 Å². The van der Waals surface area contributed by atoms with Crippen molar-refractivity contribution in [2.24, 2.45) is 10.7 Å². The third-order valence-corrected chi connectivity index (χ3v) is 3.15. The van der Waals surface area contributed by atoms with E-state index in [1.807, 2.05) is 18.3 Å². The van der Waals surface area contributed by atoms with Gasteiger partial charge < -0.3 is 10.7 Å². The van der Waals surface area contributed by atoms with E-state index in [0.29, 0.717) is 10.8 Å². The van der Waals surface area contributed by atoms with Crippen molar-refractivity contribution in [1.29, 1.82) is 0 Å². The summed E-state index contributed by atoms with van der Waals surface area (Å²) in [5, 5.41) is 1.47. The van der Waals surface area contributed by atoms with Gasteiger partial charge in [-0.2, -0.15) is 0 Å². The molecular formula is C14H11ClN4. The number of rotatable bonds is 1. The van der Waals surface area contributed by atoms with Crippen LogP contribution < -0.4 is 5.73 Å². The van der Waals surface area contributed by atoms with E-state index in [1.165, 1.54) is 0 Å². The van der Waals surface area contributed by atoms with E-state index < -0.39 is 0 Å². The average Bonchev–Trinajstić information content (AvgIpc) is 2.72. The number of H-pyrrole nitrogens is 1. The van der Waals surface area contributed by atoms with E-state index in [2.05, 4.69) is 21.5 Å². The molecule has 0 atom stereocenters. The summed E-state index contributed by atoms with van der Waals surface area (Å²) in [5.74, 6) is 0.416. The first-order chi connectivity index (χ1) is 9.15. The maximum absolute atomic E-state index is 6.23. The number of aromatic nitrogens is 2. The zero-order valence-electron chi connectivity index (χ0n) is 10.0. The first kappa shape index (κ1) is 11.7. The Kier molecular flexibility index (Phi) is 2.72. The summed E-state index contributed by atoms with van der Waals surface area (Å²) in [7, 11) is 0. The van der Waals surface area contributed by atoms with Gasteiger partial charge in [0.15, 0.2) is 0 Å². The number of hydrogen-bond donors (Lipinski definition) is 2. The lowest BCUT2D eigenvalue weighted by molar-refractivity contribution is 1.24. The minimum atomic E-state index is 0.416. The van der Waals surface area contributed by atoms with Gasteiger partial charge in [0, 0.05) is 23.3 Å². The lowest BCUT2D eigenvalue weighted by atomic mass is 10.1. The first-order valence-corrected chi connectivity index (χ1v) is 6.08. The van der Waals surface area contributed by atoms with Crippen molar-refractivity contribution < 1.29 is 0 Å². The molecule has 4 nitrogen and oxygen atoms in total. The minimum Gasteiger partial charge on any atom is -0.384 e. The molecule has 0 radical (unpaired) electrons. The summed E-state index contributed by atoms with van der Waals surface area (Å²) in [6, 6.07) is 1.75. The molecule has 3 N–H and O–H groups in total. The van der Waals surface area contributed by atoms with Crippen LogP contribution in [0.5, 0.6) is 0 Å². The quantitative estimate of drug-likeness (QED) is 0.837. The molecule has 0 saturated heterocycles. The lowest BCUT2D eigenvalue weighted by Crippen LogP contribution is -2.00. The summed E-state index contributed by atoms with van der Waals surface area (Å²) in [4.78, 5) is 11.7. The Morgan fingerprint density at radius 1 is 1.32 bits per heavy atom. The molecule has 0 unspecified atom stereocenters. The van der Waals surface area contributed by atoms with Crippen LogP contribution in [0.3, 0.4) is 0 Å². The molecule has 94 valence electrons. The average molecular weight is 271 g/mol. The molecule has 0 aromatic carbocycles. The van der Waals surface area contributed by atoms with E-state index in [-0.39, 0.29) is 0 Å². The highest BCUT2D eigenvalue weighted by Gasteiger charge is 2.13. The van der Waals surface area contributed by atoms with Crippen molar-refractivity contribution in [3.8, 4) is 0 Å². The molecule has 0 amide bonds. The fourth-order valence-corrected chi connectivity index (χ4v) is 2.25. The van der Waals surface area contributed by atoms with E-state index in [0.717, 1.165) is 27.9 Å². The second kappa shape index (κ2) is 4.40. The third-order valence-electron chi connectivity index (χ3n) is 2.84. The topological polar surface area (TPSA) is 67.1 Å². The molecule has 1 aliphatic heterocycles. The first-order valence-electron chi connectivity index (χ1n) is 5.70. The van der Waals surface area contributed by atoms with Crippen molar-refractivity contribution in [3.05, 3.63) is 65.2 Å². The Morgan fingerprint density at radius 2 is 2.16 bits per heavy atom. The molecular weight excluding hydrogens is 260 g/mol. The van der Waals surface area contributed by atoms with Crippen LogP contribution in [0.15, 0.2) is 59.7 Å². The molecule has 2 aromatic heterocycles. The van der Waals surface area contributed by atoms with Gasteiger partial charge in [-0.05, 0) is 23.8 Å². The summed E-state index contributed by atoms with van der Waals surface area (Å²) in [6.45, 7) is 3.86. The van der Waals surface area contributed by atoms with Crippen LogP contribution in [0.4, 0.5) is 0 Å². The highest BCUT2D eigenvalue weighted by molar-refractivity contribution is 6.37. The molecule has 0 fully saturated rings. The summed E-state index contributed by atoms with van der Waals surface area (Å²) < 4.78 is 0. The lowest BCUT2D eigenvalue weighted by Gasteiger charge is -2.00. The van der Waals surface area contributed by atoms with Gasteiger partial charge in [-0.1, -0.05) is 24.3 Å². The number of aliphatic imine (C=N–C) groups is 1. The van der Waals surface area contributed by atoms with Gasteiger partial charge in [-0.3, -0.25) is 0 Å². The normalized spacial score (nSPS) is 15.3. The Morgan fingerprint density at radius 3 is 3.00 bits per heavy atom. The predicted molar refractivity (Wildman–Crippen MR) is 78.2 cm³/mol. The fraction of sp³-hybridized carbons (Fsp3) is 0. The van der Waals surface area contributed by atoms with Gasteiger partial charge in [-0.15, -0.1) is 0 Å². The maximum Gasteiger partial charge on any atom is 0.139 e. The maximum atomic E-state index is 6.23. The largest absolute Gasteiger partial charge is 0.384 e. The second-order valence-electron chi connectivity index (χ2n) is 4.19. The van der Waals surface area contributed by atoms with Gasteiger partial charge in [0.25, 0.3) is 0 Å². The predicted octanol–water partition coefficient (Wildman–Crippen LogP) is 2.93. The number of nitrogens with two attached hydrogens (primary N) is 1. The monoisotopic (exact) mass is 270 g/mol. The summed E-state index contributed by atoms with van der Waals surface area (Å²) >= 11 is 6.23. The van der Waals surface area contributed by atoms with Crippen LogP contribution in [0.1, 0.15) is 5.56 Å². The number of hydrogen-bond acceptors (Lipinski definition) is 3. The molecule has 5 heteroatoms. The zero-order valence-corrected chi connectivity index (χ0v) is 10.8. The Bertz CT molecular complexity index is 765.